The molecule has 1 aromatic heterocycles. The first-order chi connectivity index (χ1) is 25.8. The average Bonchev–Trinajstić information content (AvgIpc) is 3.87. The average molecular weight is 761 g/mol. The number of esters is 2. The molecule has 9 nitrogen and oxygen atoms in total. The number of rotatable bonds is 12. The number of hydrogen-bond acceptors (Lipinski definition) is 5. The van der Waals surface area contributed by atoms with Crippen LogP contribution in [0.5, 0.6) is 0 Å². The number of ether oxygens (including phenoxy) is 2. The molecule has 2 fully saturated rings. The molecule has 4 aliphatic heterocycles. The van der Waals surface area contributed by atoms with Crippen molar-refractivity contribution in [2.45, 2.75) is 125 Å². The number of carbonyl (C=O) groups is 2. The predicted molar refractivity (Wildman–Crippen MR) is 221 cm³/mol. The molecule has 1 aliphatic carbocycles. The molecule has 10 heteroatoms. The molecule has 294 valence electrons. The van der Waals surface area contributed by atoms with Gasteiger partial charge in [0.25, 0.3) is 0 Å². The van der Waals surface area contributed by atoms with Crippen LogP contribution >= 0.6 is 0 Å². The third-order valence-electron chi connectivity index (χ3n) is 12.9. The van der Waals surface area contributed by atoms with Crippen molar-refractivity contribution < 1.29 is 24.2 Å². The van der Waals surface area contributed by atoms with Crippen LogP contribution in [0.15, 0.2) is 52.1 Å². The number of hydrogen-bond donors (Lipinski definition) is 1. The van der Waals surface area contributed by atoms with Crippen LogP contribution in [0, 0.1) is 42.4 Å². The van der Waals surface area contributed by atoms with Crippen molar-refractivity contribution >= 4 is 53.2 Å². The Balaban J connectivity index is 0.00000580. The Morgan fingerprint density at radius 1 is 1.11 bits per heavy atom. The van der Waals surface area contributed by atoms with E-state index in [0.29, 0.717) is 30.0 Å². The van der Waals surface area contributed by atoms with Crippen LogP contribution in [0.1, 0.15) is 105 Å². The van der Waals surface area contributed by atoms with Gasteiger partial charge in [-0.2, -0.15) is 0 Å². The molecule has 0 amide bonds. The van der Waals surface area contributed by atoms with E-state index in [2.05, 4.69) is 74.1 Å². The van der Waals surface area contributed by atoms with Gasteiger partial charge in [-0.15, -0.1) is 52.3 Å². The maximum Gasteiger partial charge on any atom is 2.00 e. The number of fused-ring (bicyclic) bond motifs is 8. The first kappa shape index (κ1) is 42.9. The van der Waals surface area contributed by atoms with Crippen LogP contribution in [-0.4, -0.2) is 78.0 Å². The Bertz CT molecular complexity index is 1900. The summed E-state index contributed by atoms with van der Waals surface area (Å²) in [6, 6.07) is -0.842. The Morgan fingerprint density at radius 2 is 1.85 bits per heavy atom. The van der Waals surface area contributed by atoms with Crippen molar-refractivity contribution in [3.8, 4) is 0 Å². The SMILES string of the molecule is C=Cc1c(C)/c2[n-]/c1=C\C1=C(C)C(CC)C(CC3[N-]C4=C(C5[N-]C(\C=2)[C@@H](C)[C@@H]5CCC(=O)OC/C=C(\C)CCCC(C)C)[C@@H](C(=O)OC)C(O)=C4C3C)[N-]1.[Mg+2]. The molecule has 2 saturated heterocycles. The number of allylic oxidation sites excluding steroid dienone is 3. The summed E-state index contributed by atoms with van der Waals surface area (Å²) in [6.07, 6.45) is 13.8. The fourth-order valence-electron chi connectivity index (χ4n) is 9.60. The van der Waals surface area contributed by atoms with Crippen LogP contribution in [0.3, 0.4) is 0 Å². The number of nitrogens with zero attached hydrogens (tertiary/aromatic N) is 4. The first-order valence-corrected chi connectivity index (χ1v) is 20.2. The molecule has 5 aliphatic rings. The fourth-order valence-corrected chi connectivity index (χ4v) is 9.60. The molecular formula is C45H60MgN4O5-2. The summed E-state index contributed by atoms with van der Waals surface area (Å²) in [6.45, 7) is 21.6. The van der Waals surface area contributed by atoms with Crippen molar-refractivity contribution in [1.29, 1.82) is 0 Å². The molecule has 55 heavy (non-hydrogen) atoms. The maximum absolute atomic E-state index is 13.6. The minimum atomic E-state index is -0.994. The first-order valence-electron chi connectivity index (χ1n) is 20.2. The quantitative estimate of drug-likeness (QED) is 0.131. The van der Waals surface area contributed by atoms with E-state index in [-0.39, 0.29) is 89.6 Å². The largest absolute Gasteiger partial charge is 2.00 e. The van der Waals surface area contributed by atoms with E-state index in [1.54, 1.807) is 0 Å². The third kappa shape index (κ3) is 8.42. The summed E-state index contributed by atoms with van der Waals surface area (Å²) in [5.41, 5.74) is 7.55. The topological polar surface area (TPSA) is 129 Å². The van der Waals surface area contributed by atoms with Crippen LogP contribution in [-0.2, 0) is 19.1 Å². The Hall–Kier alpha value is -3.21. The van der Waals surface area contributed by atoms with Gasteiger partial charge in [-0.25, -0.2) is 0 Å². The summed E-state index contributed by atoms with van der Waals surface area (Å²) in [5.74, 6) is -1.08. The molecule has 6 unspecified atom stereocenters. The second-order valence-electron chi connectivity index (χ2n) is 16.7. The van der Waals surface area contributed by atoms with E-state index < -0.39 is 17.9 Å². The number of carbonyl (C=O) groups excluding carboxylic acids is 2. The van der Waals surface area contributed by atoms with Crippen LogP contribution in [0.2, 0.25) is 0 Å². The van der Waals surface area contributed by atoms with Gasteiger partial charge in [0.2, 0.25) is 0 Å². The molecule has 0 saturated carbocycles. The summed E-state index contributed by atoms with van der Waals surface area (Å²) in [5, 5.41) is 29.6. The summed E-state index contributed by atoms with van der Waals surface area (Å²) in [4.78, 5) is 31.9. The second kappa shape index (κ2) is 17.9. The van der Waals surface area contributed by atoms with E-state index in [1.165, 1.54) is 24.7 Å². The molecule has 1 aromatic rings. The van der Waals surface area contributed by atoms with Crippen LogP contribution in [0.25, 0.3) is 34.2 Å². The summed E-state index contributed by atoms with van der Waals surface area (Å²) in [7, 11) is 1.35. The monoisotopic (exact) mass is 760 g/mol. The zero-order valence-electron chi connectivity index (χ0n) is 34.5. The molecule has 8 bridgehead atoms. The minimum Gasteiger partial charge on any atom is -0.681 e. The van der Waals surface area contributed by atoms with Gasteiger partial charge in [0.15, 0.2) is 0 Å². The Labute approximate surface area is 344 Å². The molecule has 5 heterocycles. The summed E-state index contributed by atoms with van der Waals surface area (Å²) >= 11 is 0. The number of aliphatic hydroxyl groups is 1. The van der Waals surface area contributed by atoms with Crippen LogP contribution in [0.4, 0.5) is 0 Å². The predicted octanol–water partition coefficient (Wildman–Crippen LogP) is 7.97. The standard InChI is InChI=1S/C45H60N4O5.Mg/c1-11-29-25(6)32-20-34-27(8)31(16-17-38(50)54-19-18-24(5)15-13-14-23(3)4)42(48-34)40-41(45(52)53-10)44(51)39-28(9)35(49-43(39)40)22-37-30(12-2)26(7)33(47-37)21-36(29)46-32;/h11,18,20-21,23,27-28,30-31,34-35,37,41-42,51H,1,12-17,19,22H2,2-10H3;/q-4;+2/b24-18+,32-20-,36-21-;/t27-,28?,30?,31-,34?,35?,37?,41+,42?;/m0./s1. The molecule has 6 rings (SSSR count). The van der Waals surface area contributed by atoms with Crippen molar-refractivity contribution in [1.82, 2.24) is 4.98 Å². The van der Waals surface area contributed by atoms with Gasteiger partial charge < -0.3 is 35.5 Å². The number of methoxy groups -OCH3 is 1. The van der Waals surface area contributed by atoms with E-state index in [0.717, 1.165) is 52.4 Å². The van der Waals surface area contributed by atoms with Gasteiger partial charge in [-0.05, 0) is 75.0 Å². The fraction of sp³-hybridized carbons (Fsp3) is 0.600. The van der Waals surface area contributed by atoms with Crippen molar-refractivity contribution in [2.75, 3.05) is 13.7 Å². The zero-order valence-corrected chi connectivity index (χ0v) is 35.9. The molecule has 1 N–H and O–H groups in total. The maximum atomic E-state index is 13.6. The molecule has 0 aromatic carbocycles. The zero-order chi connectivity index (χ0) is 39.0. The number of aromatic nitrogens is 1. The van der Waals surface area contributed by atoms with E-state index in [9.17, 15) is 14.7 Å². The second-order valence-corrected chi connectivity index (χ2v) is 16.7. The molecular weight excluding hydrogens is 701 g/mol. The van der Waals surface area contributed by atoms with Crippen molar-refractivity contribution in [3.05, 3.63) is 89.9 Å². The Morgan fingerprint density at radius 3 is 2.53 bits per heavy atom. The molecule has 0 radical (unpaired) electrons. The molecule has 0 spiro atoms. The van der Waals surface area contributed by atoms with Gasteiger partial charge >= 0.3 is 35.0 Å². The molecule has 9 atom stereocenters. The van der Waals surface area contributed by atoms with Crippen molar-refractivity contribution in [3.63, 3.8) is 0 Å². The van der Waals surface area contributed by atoms with Crippen molar-refractivity contribution in [2.24, 2.45) is 35.5 Å². The number of aliphatic hydroxyl groups excluding tert-OH is 1. The normalized spacial score (nSPS) is 31.0. The van der Waals surface area contributed by atoms with E-state index in [4.69, 9.17) is 30.4 Å². The smallest absolute Gasteiger partial charge is 0.681 e. The van der Waals surface area contributed by atoms with Gasteiger partial charge in [-0.1, -0.05) is 107 Å². The third-order valence-corrected chi connectivity index (χ3v) is 12.9. The Kier molecular flexibility index (Phi) is 14.0. The van der Waals surface area contributed by atoms with Gasteiger partial charge in [0.05, 0.1) is 7.11 Å². The van der Waals surface area contributed by atoms with E-state index in [1.807, 2.05) is 12.2 Å². The summed E-state index contributed by atoms with van der Waals surface area (Å²) < 4.78 is 11.0. The minimum absolute atomic E-state index is 0. The van der Waals surface area contributed by atoms with Crippen LogP contribution < -0.4 is 15.7 Å². The van der Waals surface area contributed by atoms with Gasteiger partial charge in [-0.3, -0.25) is 9.59 Å². The van der Waals surface area contributed by atoms with Gasteiger partial charge in [0.1, 0.15) is 18.3 Å². The van der Waals surface area contributed by atoms with Gasteiger partial charge in [0, 0.05) is 6.42 Å². The van der Waals surface area contributed by atoms with E-state index >= 15 is 0 Å².